The van der Waals surface area contributed by atoms with Gasteiger partial charge in [-0.05, 0) is 11.1 Å². The molecule has 0 atom stereocenters. The fourth-order valence-electron chi connectivity index (χ4n) is 1.26. The maximum absolute atomic E-state index is 8.35. The van der Waals surface area contributed by atoms with E-state index in [1.54, 1.807) is 0 Å². The number of hydrogen-bond acceptors (Lipinski definition) is 4. The van der Waals surface area contributed by atoms with Gasteiger partial charge < -0.3 is 9.79 Å². The van der Waals surface area contributed by atoms with E-state index in [4.69, 9.17) is 18.9 Å². The number of rotatable bonds is 1. The van der Waals surface area contributed by atoms with Crippen LogP contribution in [0.5, 0.6) is 0 Å². The second-order valence-corrected chi connectivity index (χ2v) is 3.18. The van der Waals surface area contributed by atoms with Crippen molar-refractivity contribution < 1.29 is 36.0 Å². The maximum Gasteiger partial charge on any atom is 2.00 e. The van der Waals surface area contributed by atoms with E-state index in [0.29, 0.717) is 0 Å². The first-order valence-corrected chi connectivity index (χ1v) is 6.26. The van der Waals surface area contributed by atoms with Crippen molar-refractivity contribution in [3.63, 3.8) is 0 Å². The van der Waals surface area contributed by atoms with E-state index >= 15 is 0 Å². The van der Waals surface area contributed by atoms with Gasteiger partial charge in [0.25, 0.3) is 0 Å². The van der Waals surface area contributed by atoms with Crippen LogP contribution >= 0.6 is 17.4 Å². The Labute approximate surface area is 125 Å². The van der Waals surface area contributed by atoms with Crippen molar-refractivity contribution in [1.82, 2.24) is 0 Å². The van der Waals surface area contributed by atoms with Crippen LogP contribution in [0.15, 0.2) is 60.7 Å². The Morgan fingerprint density at radius 2 is 0.842 bits per heavy atom. The first kappa shape index (κ1) is 20.4. The summed E-state index contributed by atoms with van der Waals surface area (Å²) in [6.45, 7) is 0. The molecule has 0 aliphatic carbocycles. The maximum atomic E-state index is 8.35. The molecule has 19 heavy (non-hydrogen) atoms. The normalized spacial score (nSPS) is 8.32. The molecule has 0 fully saturated rings. The van der Waals surface area contributed by atoms with Crippen molar-refractivity contribution in [3.8, 4) is 11.1 Å². The van der Waals surface area contributed by atoms with E-state index in [0.717, 1.165) is 0 Å². The molecular formula is C12H10CuO4P2. The zero-order valence-corrected chi connectivity index (χ0v) is 12.3. The Morgan fingerprint density at radius 1 is 0.632 bits per heavy atom. The van der Waals surface area contributed by atoms with Gasteiger partial charge in [-0.15, -0.1) is 0 Å². The van der Waals surface area contributed by atoms with Crippen LogP contribution in [0.25, 0.3) is 11.1 Å². The smallest absolute Gasteiger partial charge is 0.772 e. The summed E-state index contributed by atoms with van der Waals surface area (Å²) in [7, 11) is -2.17. The van der Waals surface area contributed by atoms with Gasteiger partial charge in [-0.25, -0.2) is 0 Å². The quantitative estimate of drug-likeness (QED) is 0.588. The van der Waals surface area contributed by atoms with Gasteiger partial charge >= 0.3 is 17.1 Å². The summed E-state index contributed by atoms with van der Waals surface area (Å²) in [6.07, 6.45) is 0. The second kappa shape index (κ2) is 15.1. The molecule has 0 aliphatic heterocycles. The van der Waals surface area contributed by atoms with Crippen LogP contribution in [0.1, 0.15) is 0 Å². The number of benzene rings is 2. The largest absolute Gasteiger partial charge is 2.00 e. The van der Waals surface area contributed by atoms with Crippen LogP contribution in [0.2, 0.25) is 0 Å². The third-order valence-corrected chi connectivity index (χ3v) is 1.88. The van der Waals surface area contributed by atoms with Gasteiger partial charge in [-0.2, -0.15) is 0 Å². The molecule has 2 aromatic carbocycles. The van der Waals surface area contributed by atoms with Crippen LogP contribution in [-0.4, -0.2) is 0 Å². The Balaban J connectivity index is 0. The van der Waals surface area contributed by atoms with E-state index in [1.165, 1.54) is 11.1 Å². The zero-order valence-electron chi connectivity index (χ0n) is 9.60. The van der Waals surface area contributed by atoms with Gasteiger partial charge in [0.2, 0.25) is 0 Å². The van der Waals surface area contributed by atoms with Gasteiger partial charge in [0.05, 0.1) is 17.4 Å². The van der Waals surface area contributed by atoms with Crippen LogP contribution in [0.4, 0.5) is 0 Å². The fourth-order valence-corrected chi connectivity index (χ4v) is 1.26. The van der Waals surface area contributed by atoms with Crippen LogP contribution in [0.3, 0.4) is 0 Å². The molecule has 0 spiro atoms. The summed E-state index contributed by atoms with van der Waals surface area (Å²) < 4.78 is 16.7. The Morgan fingerprint density at radius 3 is 1.05 bits per heavy atom. The van der Waals surface area contributed by atoms with Crippen molar-refractivity contribution in [3.05, 3.63) is 60.7 Å². The van der Waals surface area contributed by atoms with E-state index in [9.17, 15) is 0 Å². The van der Waals surface area contributed by atoms with Crippen LogP contribution < -0.4 is 9.79 Å². The molecule has 0 N–H and O–H groups in total. The number of hydrogen-bond donors (Lipinski definition) is 0. The summed E-state index contributed by atoms with van der Waals surface area (Å²) in [5, 5.41) is 0. The van der Waals surface area contributed by atoms with Crippen LogP contribution in [0, 0.1) is 0 Å². The molecule has 0 aromatic heterocycles. The van der Waals surface area contributed by atoms with Gasteiger partial charge in [0, 0.05) is 0 Å². The third kappa shape index (κ3) is 10.7. The minimum absolute atomic E-state index is 0. The van der Waals surface area contributed by atoms with Crippen molar-refractivity contribution in [1.29, 1.82) is 0 Å². The molecule has 0 saturated carbocycles. The van der Waals surface area contributed by atoms with E-state index < -0.39 is 17.4 Å². The minimum atomic E-state index is -1.08. The standard InChI is InChI=1S/C12H10.Cu.2HO2P/c1-3-7-11(8-4-1)12-9-5-2-6-10-12;;2*1-3-2/h1-10H;;2*(H,1,2)/q;+2;;/p-2. The minimum Gasteiger partial charge on any atom is -0.772 e. The molecule has 1 radical (unpaired) electrons. The molecule has 0 amide bonds. The topological polar surface area (TPSA) is 80.3 Å². The van der Waals surface area contributed by atoms with Crippen molar-refractivity contribution in [2.45, 2.75) is 0 Å². The summed E-state index contributed by atoms with van der Waals surface area (Å²) in [6, 6.07) is 20.8. The molecule has 0 heterocycles. The second-order valence-electron chi connectivity index (χ2n) is 2.88. The van der Waals surface area contributed by atoms with Crippen LogP contribution in [-0.2, 0) is 26.2 Å². The molecule has 4 nitrogen and oxygen atoms in total. The first-order valence-electron chi connectivity index (χ1n) is 4.80. The van der Waals surface area contributed by atoms with E-state index in [2.05, 4.69) is 48.5 Å². The Hall–Kier alpha value is -0.921. The van der Waals surface area contributed by atoms with Gasteiger partial charge in [0.15, 0.2) is 0 Å². The van der Waals surface area contributed by atoms with Gasteiger partial charge in [-0.3, -0.25) is 9.13 Å². The monoisotopic (exact) mass is 343 g/mol. The van der Waals surface area contributed by atoms with E-state index in [-0.39, 0.29) is 17.1 Å². The average molecular weight is 344 g/mol. The average Bonchev–Trinajstić information content (AvgIpc) is 2.43. The fraction of sp³-hybridized carbons (Fsp3) is 0. The molecule has 0 saturated heterocycles. The molecular weight excluding hydrogens is 334 g/mol. The van der Waals surface area contributed by atoms with E-state index in [1.807, 2.05) is 12.1 Å². The predicted octanol–water partition coefficient (Wildman–Crippen LogP) is 2.46. The molecule has 2 aromatic rings. The van der Waals surface area contributed by atoms with Gasteiger partial charge in [0.1, 0.15) is 0 Å². The van der Waals surface area contributed by atoms with Crippen molar-refractivity contribution in [2.24, 2.45) is 0 Å². The summed E-state index contributed by atoms with van der Waals surface area (Å²) in [4.78, 5) is 16.7. The van der Waals surface area contributed by atoms with Crippen molar-refractivity contribution >= 4 is 17.4 Å². The summed E-state index contributed by atoms with van der Waals surface area (Å²) >= 11 is 0. The Bertz CT molecular complexity index is 396. The predicted molar refractivity (Wildman–Crippen MR) is 67.1 cm³/mol. The molecule has 2 rings (SSSR count). The molecule has 7 heteroatoms. The third-order valence-electron chi connectivity index (χ3n) is 1.88. The molecule has 0 unspecified atom stereocenters. The van der Waals surface area contributed by atoms with Gasteiger partial charge in [-0.1, -0.05) is 60.7 Å². The SMILES string of the molecule is O=P[O-].O=P[O-].[Cu+2].c1ccc(-c2ccccc2)cc1. The molecule has 103 valence electrons. The summed E-state index contributed by atoms with van der Waals surface area (Å²) in [5.74, 6) is 0. The zero-order chi connectivity index (χ0) is 13.6. The summed E-state index contributed by atoms with van der Waals surface area (Å²) in [5.41, 5.74) is 2.55. The molecule has 0 bridgehead atoms. The molecule has 0 aliphatic rings. The first-order chi connectivity index (χ1) is 8.79. The Kier molecular flexibility index (Phi) is 16.3. The van der Waals surface area contributed by atoms with Crippen molar-refractivity contribution in [2.75, 3.05) is 0 Å².